The van der Waals surface area contributed by atoms with Crippen LogP contribution in [0, 0.1) is 0 Å². The van der Waals surface area contributed by atoms with Crippen molar-refractivity contribution in [3.05, 3.63) is 53.8 Å². The number of rotatable bonds is 6. The van der Waals surface area contributed by atoms with Gasteiger partial charge in [-0.1, -0.05) is 29.9 Å². The van der Waals surface area contributed by atoms with Crippen LogP contribution in [-0.4, -0.2) is 39.4 Å². The van der Waals surface area contributed by atoms with Crippen molar-refractivity contribution in [3.8, 4) is 5.75 Å². The van der Waals surface area contributed by atoms with E-state index in [9.17, 15) is 4.79 Å². The minimum Gasteiger partial charge on any atom is -0.494 e. The van der Waals surface area contributed by atoms with Gasteiger partial charge in [0.2, 0.25) is 5.95 Å². The van der Waals surface area contributed by atoms with E-state index in [1.54, 1.807) is 11.6 Å². The van der Waals surface area contributed by atoms with E-state index < -0.39 is 12.0 Å². The number of fused-ring (bicyclic) bond motifs is 1. The van der Waals surface area contributed by atoms with Gasteiger partial charge in [-0.3, -0.25) is 0 Å². The number of hydrogen-bond donors (Lipinski definition) is 1. The van der Waals surface area contributed by atoms with Gasteiger partial charge in [-0.2, -0.15) is 4.68 Å². The van der Waals surface area contributed by atoms with Crippen molar-refractivity contribution in [2.24, 2.45) is 0 Å². The molecule has 25 heavy (non-hydrogen) atoms. The molecule has 1 N–H and O–H groups in total. The monoisotopic (exact) mass is 341 g/mol. The SMILES string of the molecule is C=CCOC(=O)C1=C(C)Nc2nnnn2C1c1cccc(OCC)c1. The second kappa shape index (κ2) is 7.16. The molecule has 1 unspecified atom stereocenters. The molecule has 0 saturated carbocycles. The van der Waals surface area contributed by atoms with Crippen LogP contribution in [0.2, 0.25) is 0 Å². The number of nitrogens with zero attached hydrogens (tertiary/aromatic N) is 4. The lowest BCUT2D eigenvalue weighted by molar-refractivity contribution is -0.138. The summed E-state index contributed by atoms with van der Waals surface area (Å²) in [6.07, 6.45) is 1.53. The molecular weight excluding hydrogens is 322 g/mol. The Balaban J connectivity index is 2.07. The van der Waals surface area contributed by atoms with Crippen molar-refractivity contribution in [1.82, 2.24) is 20.2 Å². The van der Waals surface area contributed by atoms with Gasteiger partial charge in [0, 0.05) is 5.70 Å². The molecule has 0 fully saturated rings. The molecule has 0 radical (unpaired) electrons. The molecule has 0 bridgehead atoms. The van der Waals surface area contributed by atoms with Gasteiger partial charge >= 0.3 is 5.97 Å². The Morgan fingerprint density at radius 2 is 2.32 bits per heavy atom. The highest BCUT2D eigenvalue weighted by Crippen LogP contribution is 2.35. The Bertz CT molecular complexity index is 827. The molecule has 0 saturated heterocycles. The van der Waals surface area contributed by atoms with E-state index in [2.05, 4.69) is 27.4 Å². The summed E-state index contributed by atoms with van der Waals surface area (Å²) in [4.78, 5) is 12.6. The van der Waals surface area contributed by atoms with E-state index in [0.29, 0.717) is 29.6 Å². The lowest BCUT2D eigenvalue weighted by Crippen LogP contribution is -2.29. The van der Waals surface area contributed by atoms with Crippen LogP contribution in [0.15, 0.2) is 48.2 Å². The average molecular weight is 341 g/mol. The molecule has 1 aliphatic rings. The summed E-state index contributed by atoms with van der Waals surface area (Å²) in [5.74, 6) is 0.729. The smallest absolute Gasteiger partial charge is 0.338 e. The molecule has 8 heteroatoms. The zero-order chi connectivity index (χ0) is 17.8. The second-order valence-electron chi connectivity index (χ2n) is 5.41. The first kappa shape index (κ1) is 16.7. The first-order valence-corrected chi connectivity index (χ1v) is 7.92. The van der Waals surface area contributed by atoms with Crippen LogP contribution >= 0.6 is 0 Å². The molecule has 3 rings (SSSR count). The van der Waals surface area contributed by atoms with Crippen LogP contribution in [-0.2, 0) is 9.53 Å². The van der Waals surface area contributed by atoms with Gasteiger partial charge in [-0.25, -0.2) is 4.79 Å². The molecule has 2 aromatic rings. The molecule has 130 valence electrons. The Morgan fingerprint density at radius 3 is 3.08 bits per heavy atom. The molecule has 1 aromatic heterocycles. The number of carbonyl (C=O) groups excluding carboxylic acids is 1. The van der Waals surface area contributed by atoms with Gasteiger partial charge in [-0.15, -0.1) is 0 Å². The fourth-order valence-electron chi connectivity index (χ4n) is 2.74. The molecule has 1 atom stereocenters. The second-order valence-corrected chi connectivity index (χ2v) is 5.41. The Morgan fingerprint density at radius 1 is 1.48 bits per heavy atom. The number of anilines is 1. The maximum Gasteiger partial charge on any atom is 0.338 e. The van der Waals surface area contributed by atoms with E-state index in [-0.39, 0.29) is 6.61 Å². The van der Waals surface area contributed by atoms with Gasteiger partial charge in [0.05, 0.1) is 12.2 Å². The highest BCUT2D eigenvalue weighted by Gasteiger charge is 2.35. The zero-order valence-corrected chi connectivity index (χ0v) is 14.1. The number of benzene rings is 1. The van der Waals surface area contributed by atoms with Crippen molar-refractivity contribution in [2.45, 2.75) is 19.9 Å². The van der Waals surface area contributed by atoms with E-state index in [1.807, 2.05) is 31.2 Å². The molecule has 0 amide bonds. The number of allylic oxidation sites excluding steroid dienone is 1. The lowest BCUT2D eigenvalue weighted by Gasteiger charge is -2.27. The Labute approximate surface area is 145 Å². The quantitative estimate of drug-likeness (QED) is 0.635. The van der Waals surface area contributed by atoms with Gasteiger partial charge in [0.1, 0.15) is 18.4 Å². The predicted molar refractivity (Wildman–Crippen MR) is 91.0 cm³/mol. The summed E-state index contributed by atoms with van der Waals surface area (Å²) in [5.41, 5.74) is 1.91. The maximum atomic E-state index is 12.6. The fraction of sp³-hybridized carbons (Fsp3) is 0.294. The van der Waals surface area contributed by atoms with Gasteiger partial charge in [-0.05, 0) is 42.0 Å². The van der Waals surface area contributed by atoms with Crippen molar-refractivity contribution >= 4 is 11.9 Å². The normalized spacial score (nSPS) is 16.0. The number of hydrogen-bond acceptors (Lipinski definition) is 7. The zero-order valence-electron chi connectivity index (χ0n) is 14.1. The molecule has 0 aliphatic carbocycles. The standard InChI is InChI=1S/C17H19N5O3/c1-4-9-25-16(23)14-11(3)18-17-19-20-21-22(17)15(14)12-7-6-8-13(10-12)24-5-2/h4,6-8,10,15H,1,5,9H2,2-3H3,(H,18,19,21). The maximum absolute atomic E-state index is 12.6. The van der Waals surface area contributed by atoms with Crippen LogP contribution in [0.1, 0.15) is 25.5 Å². The number of tetrazole rings is 1. The molecule has 8 nitrogen and oxygen atoms in total. The molecule has 2 heterocycles. The summed E-state index contributed by atoms with van der Waals surface area (Å²) in [7, 11) is 0. The van der Waals surface area contributed by atoms with E-state index >= 15 is 0 Å². The summed E-state index contributed by atoms with van der Waals surface area (Å²) in [5, 5.41) is 14.7. The number of esters is 1. The summed E-state index contributed by atoms with van der Waals surface area (Å²) < 4.78 is 12.4. The first-order chi connectivity index (χ1) is 12.2. The Hall–Kier alpha value is -3.16. The third-order valence-electron chi connectivity index (χ3n) is 3.75. The third-order valence-corrected chi connectivity index (χ3v) is 3.75. The van der Waals surface area contributed by atoms with Crippen LogP contribution < -0.4 is 10.1 Å². The van der Waals surface area contributed by atoms with Gasteiger partial charge < -0.3 is 14.8 Å². The number of aromatic nitrogens is 4. The first-order valence-electron chi connectivity index (χ1n) is 7.92. The third kappa shape index (κ3) is 3.23. The van der Waals surface area contributed by atoms with E-state index in [4.69, 9.17) is 9.47 Å². The minimum absolute atomic E-state index is 0.129. The fourth-order valence-corrected chi connectivity index (χ4v) is 2.74. The number of nitrogens with one attached hydrogen (secondary N) is 1. The van der Waals surface area contributed by atoms with Crippen LogP contribution in [0.3, 0.4) is 0 Å². The molecule has 1 aliphatic heterocycles. The van der Waals surface area contributed by atoms with Gasteiger partial charge in [0.15, 0.2) is 0 Å². The van der Waals surface area contributed by atoms with Crippen LogP contribution in [0.5, 0.6) is 5.75 Å². The van der Waals surface area contributed by atoms with E-state index in [1.165, 1.54) is 6.08 Å². The highest BCUT2D eigenvalue weighted by atomic mass is 16.5. The summed E-state index contributed by atoms with van der Waals surface area (Å²) in [6, 6.07) is 7.00. The van der Waals surface area contributed by atoms with Crippen LogP contribution in [0.25, 0.3) is 0 Å². The molecule has 1 aromatic carbocycles. The molecule has 0 spiro atoms. The lowest BCUT2D eigenvalue weighted by atomic mass is 9.95. The largest absolute Gasteiger partial charge is 0.494 e. The summed E-state index contributed by atoms with van der Waals surface area (Å²) >= 11 is 0. The summed E-state index contributed by atoms with van der Waals surface area (Å²) in [6.45, 7) is 7.96. The van der Waals surface area contributed by atoms with Crippen molar-refractivity contribution in [2.75, 3.05) is 18.5 Å². The number of carbonyl (C=O) groups is 1. The highest BCUT2D eigenvalue weighted by molar-refractivity contribution is 5.92. The van der Waals surface area contributed by atoms with Crippen molar-refractivity contribution in [1.29, 1.82) is 0 Å². The van der Waals surface area contributed by atoms with Crippen molar-refractivity contribution < 1.29 is 14.3 Å². The van der Waals surface area contributed by atoms with Crippen LogP contribution in [0.4, 0.5) is 5.95 Å². The average Bonchev–Trinajstić information content (AvgIpc) is 3.06. The minimum atomic E-state index is -0.510. The van der Waals surface area contributed by atoms with Crippen molar-refractivity contribution in [3.63, 3.8) is 0 Å². The van der Waals surface area contributed by atoms with Gasteiger partial charge in [0.25, 0.3) is 0 Å². The predicted octanol–water partition coefficient (Wildman–Crippen LogP) is 2.09. The number of ether oxygens (including phenoxy) is 2. The van der Waals surface area contributed by atoms with E-state index in [0.717, 1.165) is 5.56 Å². The molecular formula is C17H19N5O3. The topological polar surface area (TPSA) is 91.2 Å². The Kier molecular flexibility index (Phi) is 4.78.